The fourth-order valence-corrected chi connectivity index (χ4v) is 4.44. The first-order chi connectivity index (χ1) is 14.6. The van der Waals surface area contributed by atoms with Gasteiger partial charge in [-0.05, 0) is 56.0 Å². The first-order valence-electron chi connectivity index (χ1n) is 11.0. The summed E-state index contributed by atoms with van der Waals surface area (Å²) >= 11 is 0. The monoisotopic (exact) mass is 402 g/mol. The molecule has 1 aromatic heterocycles. The number of aromatic nitrogens is 1. The molecule has 156 valence electrons. The summed E-state index contributed by atoms with van der Waals surface area (Å²) in [6.45, 7) is 4.89. The van der Waals surface area contributed by atoms with Gasteiger partial charge in [0.2, 0.25) is 5.91 Å². The normalized spacial score (nSPS) is 15.3. The van der Waals surface area contributed by atoms with Crippen molar-refractivity contribution in [2.24, 2.45) is 0 Å². The Bertz CT molecular complexity index is 1020. The van der Waals surface area contributed by atoms with Crippen molar-refractivity contribution in [3.63, 3.8) is 0 Å². The minimum atomic E-state index is -0.460. The van der Waals surface area contributed by atoms with Crippen molar-refractivity contribution in [1.82, 2.24) is 4.98 Å². The molecule has 4 rings (SSSR count). The highest BCUT2D eigenvalue weighted by Crippen LogP contribution is 2.42. The Balaban J connectivity index is 1.65. The number of amides is 1. The Morgan fingerprint density at radius 3 is 2.60 bits per heavy atom. The maximum atomic E-state index is 13.6. The molecule has 0 atom stereocenters. The van der Waals surface area contributed by atoms with Gasteiger partial charge in [0.25, 0.3) is 0 Å². The standard InChI is InChI=1S/C26H30N2O2/c1-3-4-18-30-23-14-13-22(21-8-7-17-27-24(21)23)28-25(29)26(15-5-6-16-26)20-11-9-19(2)10-12-20/h7-14,17H,3-6,15-16,18H2,1-2H3,(H,28,29). The quantitative estimate of drug-likeness (QED) is 0.481. The van der Waals surface area contributed by atoms with Gasteiger partial charge in [0.05, 0.1) is 17.7 Å². The average Bonchev–Trinajstić information content (AvgIpc) is 3.27. The van der Waals surface area contributed by atoms with Crippen LogP contribution in [0.4, 0.5) is 5.69 Å². The topological polar surface area (TPSA) is 51.2 Å². The number of nitrogens with zero attached hydrogens (tertiary/aromatic N) is 1. The number of fused-ring (bicyclic) bond motifs is 1. The molecule has 0 saturated heterocycles. The van der Waals surface area contributed by atoms with E-state index in [0.29, 0.717) is 6.61 Å². The van der Waals surface area contributed by atoms with Gasteiger partial charge in [0, 0.05) is 11.6 Å². The summed E-state index contributed by atoms with van der Waals surface area (Å²) in [5, 5.41) is 4.15. The van der Waals surface area contributed by atoms with Crippen LogP contribution in [0.15, 0.2) is 54.7 Å². The zero-order valence-corrected chi connectivity index (χ0v) is 17.9. The summed E-state index contributed by atoms with van der Waals surface area (Å²) in [6, 6.07) is 16.2. The van der Waals surface area contributed by atoms with Crippen LogP contribution in [0.3, 0.4) is 0 Å². The van der Waals surface area contributed by atoms with Gasteiger partial charge in [-0.1, -0.05) is 56.0 Å². The Hall–Kier alpha value is -2.88. The molecule has 4 nitrogen and oxygen atoms in total. The lowest BCUT2D eigenvalue weighted by Crippen LogP contribution is -2.38. The largest absolute Gasteiger partial charge is 0.491 e. The molecule has 1 aliphatic carbocycles. The molecule has 1 amide bonds. The van der Waals surface area contributed by atoms with Crippen LogP contribution in [-0.2, 0) is 10.2 Å². The van der Waals surface area contributed by atoms with Gasteiger partial charge in [-0.2, -0.15) is 0 Å². The summed E-state index contributed by atoms with van der Waals surface area (Å²) in [5.74, 6) is 0.847. The van der Waals surface area contributed by atoms with Crippen LogP contribution in [0.1, 0.15) is 56.6 Å². The predicted octanol–water partition coefficient (Wildman–Crippen LogP) is 6.17. The van der Waals surface area contributed by atoms with E-state index in [4.69, 9.17) is 4.74 Å². The molecule has 0 unspecified atom stereocenters. The number of pyridine rings is 1. The maximum Gasteiger partial charge on any atom is 0.235 e. The molecule has 3 aromatic rings. The summed E-state index contributed by atoms with van der Waals surface area (Å²) in [7, 11) is 0. The molecule has 1 heterocycles. The lowest BCUT2D eigenvalue weighted by molar-refractivity contribution is -0.121. The molecule has 0 spiro atoms. The van der Waals surface area contributed by atoms with Crippen molar-refractivity contribution in [1.29, 1.82) is 0 Å². The van der Waals surface area contributed by atoms with Crippen molar-refractivity contribution >= 4 is 22.5 Å². The van der Waals surface area contributed by atoms with Crippen molar-refractivity contribution in [3.8, 4) is 5.75 Å². The van der Waals surface area contributed by atoms with Gasteiger partial charge in [-0.3, -0.25) is 9.78 Å². The smallest absolute Gasteiger partial charge is 0.235 e. The van der Waals surface area contributed by atoms with E-state index in [1.54, 1.807) is 6.20 Å². The number of hydrogen-bond donors (Lipinski definition) is 1. The van der Waals surface area contributed by atoms with E-state index in [-0.39, 0.29) is 5.91 Å². The van der Waals surface area contributed by atoms with Gasteiger partial charge in [0.1, 0.15) is 11.3 Å². The molecule has 0 radical (unpaired) electrons. The molecular weight excluding hydrogens is 372 g/mol. The van der Waals surface area contributed by atoms with E-state index in [0.717, 1.165) is 66.4 Å². The number of carbonyl (C=O) groups is 1. The van der Waals surface area contributed by atoms with Crippen LogP contribution in [0.5, 0.6) is 5.75 Å². The van der Waals surface area contributed by atoms with Crippen LogP contribution in [-0.4, -0.2) is 17.5 Å². The van der Waals surface area contributed by atoms with Gasteiger partial charge in [0.15, 0.2) is 0 Å². The van der Waals surface area contributed by atoms with Gasteiger partial charge in [-0.25, -0.2) is 0 Å². The molecular formula is C26H30N2O2. The van der Waals surface area contributed by atoms with E-state index in [1.807, 2.05) is 24.3 Å². The fourth-order valence-electron chi connectivity index (χ4n) is 4.44. The molecule has 0 bridgehead atoms. The number of ether oxygens (including phenoxy) is 1. The Morgan fingerprint density at radius 2 is 1.87 bits per heavy atom. The molecule has 1 aliphatic rings. The second-order valence-corrected chi connectivity index (χ2v) is 8.32. The van der Waals surface area contributed by atoms with Crippen LogP contribution in [0.2, 0.25) is 0 Å². The fraction of sp³-hybridized carbons (Fsp3) is 0.385. The van der Waals surface area contributed by atoms with E-state index >= 15 is 0 Å². The lowest BCUT2D eigenvalue weighted by Gasteiger charge is -2.29. The Labute approximate surface area is 178 Å². The number of benzene rings is 2. The SMILES string of the molecule is CCCCOc1ccc(NC(=O)C2(c3ccc(C)cc3)CCCC2)c2cccnc12. The highest BCUT2D eigenvalue weighted by atomic mass is 16.5. The Morgan fingerprint density at radius 1 is 1.10 bits per heavy atom. The molecule has 30 heavy (non-hydrogen) atoms. The zero-order valence-electron chi connectivity index (χ0n) is 17.9. The number of anilines is 1. The molecule has 1 fully saturated rings. The highest BCUT2D eigenvalue weighted by Gasteiger charge is 2.42. The molecule has 2 aromatic carbocycles. The summed E-state index contributed by atoms with van der Waals surface area (Å²) < 4.78 is 5.94. The van der Waals surface area contributed by atoms with Crippen LogP contribution < -0.4 is 10.1 Å². The minimum Gasteiger partial charge on any atom is -0.491 e. The predicted molar refractivity (Wildman–Crippen MR) is 122 cm³/mol. The Kier molecular flexibility index (Phi) is 6.03. The third-order valence-electron chi connectivity index (χ3n) is 6.23. The van der Waals surface area contributed by atoms with Crippen molar-refractivity contribution in [2.45, 2.75) is 57.8 Å². The molecule has 0 aliphatic heterocycles. The van der Waals surface area contributed by atoms with Crippen molar-refractivity contribution < 1.29 is 9.53 Å². The molecule has 1 saturated carbocycles. The third-order valence-corrected chi connectivity index (χ3v) is 6.23. The number of aryl methyl sites for hydroxylation is 1. The molecule has 4 heteroatoms. The van der Waals surface area contributed by atoms with Crippen LogP contribution >= 0.6 is 0 Å². The van der Waals surface area contributed by atoms with Crippen LogP contribution in [0.25, 0.3) is 10.9 Å². The van der Waals surface area contributed by atoms with Crippen molar-refractivity contribution in [3.05, 3.63) is 65.9 Å². The van der Waals surface area contributed by atoms with E-state index < -0.39 is 5.41 Å². The van der Waals surface area contributed by atoms with E-state index in [9.17, 15) is 4.79 Å². The first-order valence-corrected chi connectivity index (χ1v) is 11.0. The first kappa shape index (κ1) is 20.4. The number of rotatable bonds is 7. The second-order valence-electron chi connectivity index (χ2n) is 8.32. The van der Waals surface area contributed by atoms with Gasteiger partial charge in [-0.15, -0.1) is 0 Å². The summed E-state index contributed by atoms with van der Waals surface area (Å²) in [5.41, 5.74) is 3.46. The number of unbranched alkanes of at least 4 members (excludes halogenated alkanes) is 1. The number of hydrogen-bond acceptors (Lipinski definition) is 3. The minimum absolute atomic E-state index is 0.0775. The van der Waals surface area contributed by atoms with E-state index in [2.05, 4.69) is 48.4 Å². The number of carbonyl (C=O) groups excluding carboxylic acids is 1. The third kappa shape index (κ3) is 3.91. The maximum absolute atomic E-state index is 13.6. The number of nitrogens with one attached hydrogen (secondary N) is 1. The summed E-state index contributed by atoms with van der Waals surface area (Å²) in [4.78, 5) is 18.1. The molecule has 1 N–H and O–H groups in total. The van der Waals surface area contributed by atoms with Crippen molar-refractivity contribution in [2.75, 3.05) is 11.9 Å². The summed E-state index contributed by atoms with van der Waals surface area (Å²) in [6.07, 6.45) is 7.78. The average molecular weight is 403 g/mol. The second kappa shape index (κ2) is 8.86. The zero-order chi connectivity index (χ0) is 21.0. The highest BCUT2D eigenvalue weighted by molar-refractivity contribution is 6.06. The van der Waals surface area contributed by atoms with Gasteiger partial charge < -0.3 is 10.1 Å². The van der Waals surface area contributed by atoms with Gasteiger partial charge >= 0.3 is 0 Å². The van der Waals surface area contributed by atoms with Crippen LogP contribution in [0, 0.1) is 6.92 Å². The van der Waals surface area contributed by atoms with E-state index in [1.165, 1.54) is 5.56 Å². The lowest BCUT2D eigenvalue weighted by atomic mass is 9.77.